The van der Waals surface area contributed by atoms with Crippen molar-refractivity contribution in [1.82, 2.24) is 20.8 Å². The zero-order chi connectivity index (χ0) is 13.5. The molecule has 18 heavy (non-hydrogen) atoms. The summed E-state index contributed by atoms with van der Waals surface area (Å²) in [5.41, 5.74) is 1.23. The van der Waals surface area contributed by atoms with E-state index in [0.717, 1.165) is 12.1 Å². The molecule has 0 aliphatic carbocycles. The van der Waals surface area contributed by atoms with Crippen LogP contribution in [0.3, 0.4) is 0 Å². The second-order valence-electron chi connectivity index (χ2n) is 4.29. The Morgan fingerprint density at radius 2 is 2.22 bits per heavy atom. The second kappa shape index (κ2) is 6.78. The third-order valence-corrected chi connectivity index (χ3v) is 2.73. The van der Waals surface area contributed by atoms with E-state index < -0.39 is 0 Å². The largest absolute Gasteiger partial charge is 0.354 e. The standard InChI is InChI=1S/C12H20N4O2/c1-4-8(2)15-11(17)5-6-13-12(18)10-7-14-16-9(10)3/h7-8H,4-6H2,1-3H3,(H,13,18)(H,14,16)(H,15,17). The lowest BCUT2D eigenvalue weighted by molar-refractivity contribution is -0.121. The Bertz CT molecular complexity index is 414. The van der Waals surface area contributed by atoms with Crippen LogP contribution in [0.2, 0.25) is 0 Å². The highest BCUT2D eigenvalue weighted by Gasteiger charge is 2.11. The van der Waals surface area contributed by atoms with E-state index in [1.165, 1.54) is 6.20 Å². The molecular weight excluding hydrogens is 232 g/mol. The molecule has 100 valence electrons. The maximum Gasteiger partial charge on any atom is 0.254 e. The summed E-state index contributed by atoms with van der Waals surface area (Å²) in [5, 5.41) is 12.0. The topological polar surface area (TPSA) is 86.9 Å². The van der Waals surface area contributed by atoms with Crippen molar-refractivity contribution in [2.24, 2.45) is 0 Å². The number of aromatic amines is 1. The first-order valence-corrected chi connectivity index (χ1v) is 6.12. The highest BCUT2D eigenvalue weighted by atomic mass is 16.2. The summed E-state index contributed by atoms with van der Waals surface area (Å²) in [7, 11) is 0. The molecule has 0 bridgehead atoms. The lowest BCUT2D eigenvalue weighted by Gasteiger charge is -2.11. The number of H-pyrrole nitrogens is 1. The molecule has 2 amide bonds. The molecule has 0 aliphatic heterocycles. The summed E-state index contributed by atoms with van der Waals surface area (Å²) in [5.74, 6) is -0.258. The average molecular weight is 252 g/mol. The molecule has 1 aromatic heterocycles. The molecule has 6 nitrogen and oxygen atoms in total. The molecule has 1 atom stereocenters. The number of rotatable bonds is 6. The summed E-state index contributed by atoms with van der Waals surface area (Å²) in [4.78, 5) is 23.2. The molecule has 1 rings (SSSR count). The molecule has 1 heterocycles. The van der Waals surface area contributed by atoms with Crippen LogP contribution in [0.5, 0.6) is 0 Å². The summed E-state index contributed by atoms with van der Waals surface area (Å²) < 4.78 is 0. The maximum absolute atomic E-state index is 11.7. The molecule has 1 aromatic rings. The van der Waals surface area contributed by atoms with Gasteiger partial charge in [0.2, 0.25) is 5.91 Å². The fourth-order valence-corrected chi connectivity index (χ4v) is 1.41. The normalized spacial score (nSPS) is 11.9. The van der Waals surface area contributed by atoms with E-state index in [4.69, 9.17) is 0 Å². The third-order valence-electron chi connectivity index (χ3n) is 2.73. The van der Waals surface area contributed by atoms with E-state index in [1.807, 2.05) is 13.8 Å². The predicted octanol–water partition coefficient (Wildman–Crippen LogP) is 0.753. The van der Waals surface area contributed by atoms with Gasteiger partial charge in [0.1, 0.15) is 0 Å². The van der Waals surface area contributed by atoms with Crippen LogP contribution in [-0.4, -0.2) is 34.6 Å². The molecule has 3 N–H and O–H groups in total. The Hall–Kier alpha value is -1.85. The number of aryl methyl sites for hydroxylation is 1. The number of carbonyl (C=O) groups excluding carboxylic acids is 2. The number of carbonyl (C=O) groups is 2. The van der Waals surface area contributed by atoms with Crippen LogP contribution in [0.4, 0.5) is 0 Å². The van der Waals surface area contributed by atoms with Gasteiger partial charge in [-0.25, -0.2) is 0 Å². The van der Waals surface area contributed by atoms with Crippen molar-refractivity contribution in [3.8, 4) is 0 Å². The molecule has 0 aliphatic rings. The molecule has 0 saturated carbocycles. The molecule has 6 heteroatoms. The summed E-state index contributed by atoms with van der Waals surface area (Å²) in [6, 6.07) is 0.171. The number of nitrogens with zero attached hydrogens (tertiary/aromatic N) is 1. The molecule has 0 radical (unpaired) electrons. The lowest BCUT2D eigenvalue weighted by Crippen LogP contribution is -2.35. The first-order valence-electron chi connectivity index (χ1n) is 6.12. The van der Waals surface area contributed by atoms with Crippen LogP contribution in [0.15, 0.2) is 6.20 Å². The van der Waals surface area contributed by atoms with Crippen LogP contribution in [-0.2, 0) is 4.79 Å². The van der Waals surface area contributed by atoms with Gasteiger partial charge in [-0.3, -0.25) is 14.7 Å². The van der Waals surface area contributed by atoms with Crippen LogP contribution in [0, 0.1) is 6.92 Å². The fourth-order valence-electron chi connectivity index (χ4n) is 1.41. The van der Waals surface area contributed by atoms with Crippen molar-refractivity contribution in [2.45, 2.75) is 39.7 Å². The van der Waals surface area contributed by atoms with E-state index in [-0.39, 0.29) is 24.3 Å². The van der Waals surface area contributed by atoms with E-state index in [1.54, 1.807) is 6.92 Å². The van der Waals surface area contributed by atoms with E-state index in [2.05, 4.69) is 20.8 Å². The molecule has 1 unspecified atom stereocenters. The second-order valence-corrected chi connectivity index (χ2v) is 4.29. The molecule has 0 saturated heterocycles. The average Bonchev–Trinajstić information content (AvgIpc) is 2.75. The SMILES string of the molecule is CCC(C)NC(=O)CCNC(=O)c1cn[nH]c1C. The Morgan fingerprint density at radius 1 is 1.50 bits per heavy atom. The number of hydrogen-bond donors (Lipinski definition) is 3. The van der Waals surface area contributed by atoms with Gasteiger partial charge in [0.25, 0.3) is 5.91 Å². The summed E-state index contributed by atoms with van der Waals surface area (Å²) in [6.45, 7) is 6.06. The van der Waals surface area contributed by atoms with Gasteiger partial charge in [0, 0.05) is 24.7 Å². The zero-order valence-corrected chi connectivity index (χ0v) is 11.0. The molecule has 0 fully saturated rings. The van der Waals surface area contributed by atoms with Crippen molar-refractivity contribution in [3.05, 3.63) is 17.5 Å². The minimum absolute atomic E-state index is 0.0476. The third kappa shape index (κ3) is 4.20. The quantitative estimate of drug-likeness (QED) is 0.698. The van der Waals surface area contributed by atoms with Crippen LogP contribution in [0.1, 0.15) is 42.7 Å². The Balaban J connectivity index is 2.28. The minimum atomic E-state index is -0.211. The number of aromatic nitrogens is 2. The van der Waals surface area contributed by atoms with Crippen molar-refractivity contribution >= 4 is 11.8 Å². The lowest BCUT2D eigenvalue weighted by atomic mass is 10.2. The first kappa shape index (κ1) is 14.2. The number of nitrogens with one attached hydrogen (secondary N) is 3. The Kier molecular flexibility index (Phi) is 5.35. The monoisotopic (exact) mass is 252 g/mol. The summed E-state index contributed by atoms with van der Waals surface area (Å²) in [6.07, 6.45) is 2.66. The van der Waals surface area contributed by atoms with Gasteiger partial charge in [-0.15, -0.1) is 0 Å². The predicted molar refractivity (Wildman–Crippen MR) is 68.2 cm³/mol. The number of amides is 2. The minimum Gasteiger partial charge on any atom is -0.354 e. The van der Waals surface area contributed by atoms with Crippen molar-refractivity contribution < 1.29 is 9.59 Å². The van der Waals surface area contributed by atoms with Crippen LogP contribution < -0.4 is 10.6 Å². The molecule has 0 spiro atoms. The molecule has 0 aromatic carbocycles. The van der Waals surface area contributed by atoms with Crippen LogP contribution in [0.25, 0.3) is 0 Å². The van der Waals surface area contributed by atoms with Crippen molar-refractivity contribution in [1.29, 1.82) is 0 Å². The summed E-state index contributed by atoms with van der Waals surface area (Å²) >= 11 is 0. The van der Waals surface area contributed by atoms with Gasteiger partial charge >= 0.3 is 0 Å². The van der Waals surface area contributed by atoms with Gasteiger partial charge in [0.05, 0.1) is 11.8 Å². The highest BCUT2D eigenvalue weighted by Crippen LogP contribution is 2.01. The zero-order valence-electron chi connectivity index (χ0n) is 11.0. The maximum atomic E-state index is 11.7. The molecular formula is C12H20N4O2. The first-order chi connectivity index (χ1) is 8.54. The Labute approximate surface area is 107 Å². The van der Waals surface area contributed by atoms with Gasteiger partial charge in [0.15, 0.2) is 0 Å². The van der Waals surface area contributed by atoms with Gasteiger partial charge in [-0.2, -0.15) is 5.10 Å². The fraction of sp³-hybridized carbons (Fsp3) is 0.583. The van der Waals surface area contributed by atoms with Crippen LogP contribution >= 0.6 is 0 Å². The highest BCUT2D eigenvalue weighted by molar-refractivity contribution is 5.95. The Morgan fingerprint density at radius 3 is 2.78 bits per heavy atom. The van der Waals surface area contributed by atoms with E-state index in [9.17, 15) is 9.59 Å². The van der Waals surface area contributed by atoms with Gasteiger partial charge in [-0.1, -0.05) is 6.92 Å². The number of hydrogen-bond acceptors (Lipinski definition) is 3. The van der Waals surface area contributed by atoms with Crippen molar-refractivity contribution in [2.75, 3.05) is 6.54 Å². The van der Waals surface area contributed by atoms with Gasteiger partial charge < -0.3 is 10.6 Å². The van der Waals surface area contributed by atoms with E-state index >= 15 is 0 Å². The van der Waals surface area contributed by atoms with E-state index in [0.29, 0.717) is 12.1 Å². The van der Waals surface area contributed by atoms with Crippen molar-refractivity contribution in [3.63, 3.8) is 0 Å². The smallest absolute Gasteiger partial charge is 0.254 e. The van der Waals surface area contributed by atoms with Gasteiger partial charge in [-0.05, 0) is 20.3 Å².